The van der Waals surface area contributed by atoms with Gasteiger partial charge in [-0.3, -0.25) is 4.79 Å². The van der Waals surface area contributed by atoms with Gasteiger partial charge in [-0.05, 0) is 25.5 Å². The molecule has 0 atom stereocenters. The van der Waals surface area contributed by atoms with E-state index in [1.165, 1.54) is 6.42 Å². The predicted molar refractivity (Wildman–Crippen MR) is 53.6 cm³/mol. The van der Waals surface area contributed by atoms with E-state index >= 15 is 0 Å². The summed E-state index contributed by atoms with van der Waals surface area (Å²) in [6.45, 7) is 2.33. The molecule has 0 aromatic heterocycles. The molecule has 0 N–H and O–H groups in total. The van der Waals surface area contributed by atoms with Crippen LogP contribution in [0.4, 0.5) is 0 Å². The van der Waals surface area contributed by atoms with E-state index in [0.717, 1.165) is 25.0 Å². The highest BCUT2D eigenvalue weighted by Gasteiger charge is 1.99. The van der Waals surface area contributed by atoms with Gasteiger partial charge in [0.1, 0.15) is 0 Å². The first kappa shape index (κ1) is 11.8. The van der Waals surface area contributed by atoms with E-state index in [2.05, 4.69) is 12.6 Å². The highest BCUT2D eigenvalue weighted by Crippen LogP contribution is 2.04. The average molecular weight is 190 g/mol. The lowest BCUT2D eigenvalue weighted by Crippen LogP contribution is -2.03. The van der Waals surface area contributed by atoms with Crippen LogP contribution < -0.4 is 0 Å². The zero-order chi connectivity index (χ0) is 9.23. The molecule has 0 bridgehead atoms. The summed E-state index contributed by atoms with van der Waals surface area (Å²) < 4.78 is 4.79. The molecule has 0 aliphatic heterocycles. The minimum absolute atomic E-state index is 0.0663. The summed E-state index contributed by atoms with van der Waals surface area (Å²) in [5.74, 6) is 0.878. The molecule has 3 heteroatoms. The first-order chi connectivity index (χ1) is 5.81. The van der Waals surface area contributed by atoms with E-state index in [0.29, 0.717) is 13.0 Å². The van der Waals surface area contributed by atoms with Crippen LogP contribution in [0.2, 0.25) is 0 Å². The Morgan fingerprint density at radius 2 is 1.92 bits per heavy atom. The fourth-order valence-corrected chi connectivity index (χ4v) is 1.19. The Kier molecular flexibility index (Phi) is 8.78. The Hall–Kier alpha value is -0.180. The molecular weight excluding hydrogens is 172 g/mol. The SMILES string of the molecule is CCOC(=O)CCCCCCS. The minimum Gasteiger partial charge on any atom is -0.466 e. The van der Waals surface area contributed by atoms with E-state index in [9.17, 15) is 4.79 Å². The number of hydrogen-bond acceptors (Lipinski definition) is 3. The van der Waals surface area contributed by atoms with Crippen LogP contribution in [-0.4, -0.2) is 18.3 Å². The average Bonchev–Trinajstić information content (AvgIpc) is 2.05. The van der Waals surface area contributed by atoms with Crippen LogP contribution in [-0.2, 0) is 9.53 Å². The Labute approximate surface area is 80.1 Å². The van der Waals surface area contributed by atoms with Gasteiger partial charge >= 0.3 is 5.97 Å². The van der Waals surface area contributed by atoms with Gasteiger partial charge in [0.25, 0.3) is 0 Å². The molecule has 2 nitrogen and oxygen atoms in total. The molecular formula is C9H18O2S. The third-order valence-corrected chi connectivity index (χ3v) is 1.91. The summed E-state index contributed by atoms with van der Waals surface area (Å²) in [4.78, 5) is 10.8. The van der Waals surface area contributed by atoms with Gasteiger partial charge in [0.2, 0.25) is 0 Å². The van der Waals surface area contributed by atoms with Gasteiger partial charge in [-0.25, -0.2) is 0 Å². The molecule has 0 unspecified atom stereocenters. The van der Waals surface area contributed by atoms with Gasteiger partial charge < -0.3 is 4.74 Å². The standard InChI is InChI=1S/C9H18O2S/c1-2-11-9(10)7-5-3-4-6-8-12/h12H,2-8H2,1H3. The minimum atomic E-state index is -0.0663. The first-order valence-electron chi connectivity index (χ1n) is 4.57. The molecule has 0 rings (SSSR count). The second kappa shape index (κ2) is 8.91. The Bertz CT molecular complexity index is 115. The molecule has 0 aliphatic rings. The van der Waals surface area contributed by atoms with Crippen LogP contribution in [0.5, 0.6) is 0 Å². The van der Waals surface area contributed by atoms with Crippen LogP contribution in [0.1, 0.15) is 39.0 Å². The molecule has 0 fully saturated rings. The maximum Gasteiger partial charge on any atom is 0.305 e. The number of thiol groups is 1. The van der Waals surface area contributed by atoms with Gasteiger partial charge in [-0.15, -0.1) is 0 Å². The number of ether oxygens (including phenoxy) is 1. The predicted octanol–water partition coefficient (Wildman–Crippen LogP) is 2.43. The number of rotatable bonds is 7. The fourth-order valence-electron chi connectivity index (χ4n) is 0.968. The van der Waals surface area contributed by atoms with Crippen molar-refractivity contribution in [2.24, 2.45) is 0 Å². The zero-order valence-electron chi connectivity index (χ0n) is 7.71. The largest absolute Gasteiger partial charge is 0.466 e. The Morgan fingerprint density at radius 3 is 2.50 bits per heavy atom. The zero-order valence-corrected chi connectivity index (χ0v) is 8.61. The normalized spacial score (nSPS) is 9.83. The number of hydrogen-bond donors (Lipinski definition) is 1. The van der Waals surface area contributed by atoms with Crippen LogP contribution in [0.15, 0.2) is 0 Å². The topological polar surface area (TPSA) is 26.3 Å². The molecule has 12 heavy (non-hydrogen) atoms. The lowest BCUT2D eigenvalue weighted by Gasteiger charge is -2.00. The molecule has 0 heterocycles. The van der Waals surface area contributed by atoms with Crippen LogP contribution in [0.3, 0.4) is 0 Å². The van der Waals surface area contributed by atoms with Crippen molar-refractivity contribution >= 4 is 18.6 Å². The second-order valence-corrected chi connectivity index (χ2v) is 3.14. The van der Waals surface area contributed by atoms with Crippen LogP contribution in [0, 0.1) is 0 Å². The summed E-state index contributed by atoms with van der Waals surface area (Å²) in [5.41, 5.74) is 0. The maximum atomic E-state index is 10.8. The van der Waals surface area contributed by atoms with Gasteiger partial charge in [0.15, 0.2) is 0 Å². The molecule has 0 saturated heterocycles. The molecule has 0 amide bonds. The van der Waals surface area contributed by atoms with Crippen molar-refractivity contribution in [1.29, 1.82) is 0 Å². The van der Waals surface area contributed by atoms with E-state index in [-0.39, 0.29) is 5.97 Å². The molecule has 0 aromatic rings. The quantitative estimate of drug-likeness (QED) is 0.379. The highest BCUT2D eigenvalue weighted by atomic mass is 32.1. The molecule has 0 spiro atoms. The van der Waals surface area contributed by atoms with Crippen molar-refractivity contribution in [2.75, 3.05) is 12.4 Å². The first-order valence-corrected chi connectivity index (χ1v) is 5.21. The third kappa shape index (κ3) is 7.92. The van der Waals surface area contributed by atoms with Crippen molar-refractivity contribution in [1.82, 2.24) is 0 Å². The third-order valence-electron chi connectivity index (χ3n) is 1.59. The Balaban J connectivity index is 3.03. The molecule has 0 saturated carbocycles. The van der Waals surface area contributed by atoms with Crippen molar-refractivity contribution in [2.45, 2.75) is 39.0 Å². The van der Waals surface area contributed by atoms with E-state index < -0.39 is 0 Å². The van der Waals surface area contributed by atoms with Gasteiger partial charge in [0, 0.05) is 6.42 Å². The maximum absolute atomic E-state index is 10.8. The van der Waals surface area contributed by atoms with Crippen LogP contribution in [0.25, 0.3) is 0 Å². The number of carbonyl (C=O) groups is 1. The number of unbranched alkanes of at least 4 members (excludes halogenated alkanes) is 3. The lowest BCUT2D eigenvalue weighted by molar-refractivity contribution is -0.143. The second-order valence-electron chi connectivity index (χ2n) is 2.69. The summed E-state index contributed by atoms with van der Waals surface area (Å²) >= 11 is 4.11. The summed E-state index contributed by atoms with van der Waals surface area (Å²) in [6.07, 6.45) is 4.95. The van der Waals surface area contributed by atoms with E-state index in [1.54, 1.807) is 0 Å². The molecule has 0 radical (unpaired) electrons. The molecule has 0 aliphatic carbocycles. The van der Waals surface area contributed by atoms with Gasteiger partial charge in [-0.2, -0.15) is 12.6 Å². The summed E-state index contributed by atoms with van der Waals surface area (Å²) in [5, 5.41) is 0. The van der Waals surface area contributed by atoms with Crippen molar-refractivity contribution in [3.8, 4) is 0 Å². The monoisotopic (exact) mass is 190 g/mol. The Morgan fingerprint density at radius 1 is 1.25 bits per heavy atom. The smallest absolute Gasteiger partial charge is 0.305 e. The molecule has 0 aromatic carbocycles. The van der Waals surface area contributed by atoms with Crippen molar-refractivity contribution in [3.05, 3.63) is 0 Å². The number of esters is 1. The van der Waals surface area contributed by atoms with Crippen molar-refractivity contribution < 1.29 is 9.53 Å². The lowest BCUT2D eigenvalue weighted by atomic mass is 10.1. The summed E-state index contributed by atoms with van der Waals surface area (Å²) in [6, 6.07) is 0. The molecule has 72 valence electrons. The summed E-state index contributed by atoms with van der Waals surface area (Å²) in [7, 11) is 0. The van der Waals surface area contributed by atoms with Gasteiger partial charge in [-0.1, -0.05) is 12.8 Å². The van der Waals surface area contributed by atoms with E-state index in [1.807, 2.05) is 6.92 Å². The highest BCUT2D eigenvalue weighted by molar-refractivity contribution is 7.80. The van der Waals surface area contributed by atoms with Crippen LogP contribution >= 0.6 is 12.6 Å². The van der Waals surface area contributed by atoms with Crippen molar-refractivity contribution in [3.63, 3.8) is 0 Å². The van der Waals surface area contributed by atoms with E-state index in [4.69, 9.17) is 4.74 Å². The van der Waals surface area contributed by atoms with Gasteiger partial charge in [0.05, 0.1) is 6.61 Å². The fraction of sp³-hybridized carbons (Fsp3) is 0.889. The number of carbonyl (C=O) groups excluding carboxylic acids is 1.